The molecule has 12 heteroatoms. The van der Waals surface area contributed by atoms with Crippen molar-refractivity contribution in [3.05, 3.63) is 58.9 Å². The van der Waals surface area contributed by atoms with E-state index in [9.17, 15) is 4.79 Å². The zero-order valence-corrected chi connectivity index (χ0v) is 26.9. The number of nitrogens with one attached hydrogen (secondary N) is 3. The number of aryl methyl sites for hydroxylation is 2. The summed E-state index contributed by atoms with van der Waals surface area (Å²) in [5, 5.41) is 19.8. The molecule has 0 unspecified atom stereocenters. The molecule has 0 aromatic carbocycles. The van der Waals surface area contributed by atoms with Gasteiger partial charge in [0, 0.05) is 51.4 Å². The molecule has 0 amide bonds. The molecule has 0 radical (unpaired) electrons. The SMILES string of the molecule is Cc1sc(NC2CCCCC2)nc1-c1cn[nH]c1.Cc1sc(Nc2ccccn2)nc1-c1cnn(C(=O)C2CCCCC2)c1. The summed E-state index contributed by atoms with van der Waals surface area (Å²) in [5.74, 6) is 0.973. The highest BCUT2D eigenvalue weighted by Crippen LogP contribution is 2.33. The van der Waals surface area contributed by atoms with Gasteiger partial charge in [0.1, 0.15) is 5.82 Å². The zero-order valence-electron chi connectivity index (χ0n) is 25.3. The molecule has 230 valence electrons. The number of carbonyl (C=O) groups excluding carboxylic acids is 1. The van der Waals surface area contributed by atoms with Gasteiger partial charge in [-0.05, 0) is 51.7 Å². The maximum Gasteiger partial charge on any atom is 0.249 e. The van der Waals surface area contributed by atoms with E-state index in [1.54, 1.807) is 35.1 Å². The van der Waals surface area contributed by atoms with Gasteiger partial charge in [0.05, 0.1) is 23.8 Å². The smallest absolute Gasteiger partial charge is 0.249 e. The fraction of sp³-hybridized carbons (Fsp3) is 0.438. The molecule has 5 aromatic rings. The molecule has 10 nitrogen and oxygen atoms in total. The lowest BCUT2D eigenvalue weighted by Gasteiger charge is -2.22. The Balaban J connectivity index is 0.000000167. The molecule has 2 aliphatic carbocycles. The number of hydrogen-bond donors (Lipinski definition) is 3. The summed E-state index contributed by atoms with van der Waals surface area (Å²) in [6.45, 7) is 4.14. The molecule has 7 rings (SSSR count). The Hall–Kier alpha value is -3.90. The molecule has 0 atom stereocenters. The van der Waals surface area contributed by atoms with Crippen LogP contribution in [0, 0.1) is 19.8 Å². The van der Waals surface area contributed by atoms with Crippen molar-refractivity contribution in [1.82, 2.24) is 34.9 Å². The van der Waals surface area contributed by atoms with E-state index in [-0.39, 0.29) is 11.8 Å². The van der Waals surface area contributed by atoms with Gasteiger partial charge in [-0.3, -0.25) is 9.89 Å². The Morgan fingerprint density at radius 1 is 0.886 bits per heavy atom. The summed E-state index contributed by atoms with van der Waals surface area (Å²) >= 11 is 3.31. The van der Waals surface area contributed by atoms with Crippen molar-refractivity contribution in [2.75, 3.05) is 10.6 Å². The number of carbonyl (C=O) groups is 1. The third-order valence-corrected chi connectivity index (χ3v) is 10.0. The highest BCUT2D eigenvalue weighted by molar-refractivity contribution is 7.16. The predicted molar refractivity (Wildman–Crippen MR) is 178 cm³/mol. The number of aromatic amines is 1. The summed E-state index contributed by atoms with van der Waals surface area (Å²) in [4.78, 5) is 28.6. The van der Waals surface area contributed by atoms with E-state index in [2.05, 4.69) is 42.8 Å². The minimum atomic E-state index is 0.106. The van der Waals surface area contributed by atoms with Gasteiger partial charge in [0.25, 0.3) is 0 Å². The van der Waals surface area contributed by atoms with Crippen molar-refractivity contribution < 1.29 is 4.79 Å². The number of hydrogen-bond acceptors (Lipinski definition) is 10. The first-order chi connectivity index (χ1) is 21.5. The number of rotatable bonds is 7. The maximum absolute atomic E-state index is 12.6. The summed E-state index contributed by atoms with van der Waals surface area (Å²) in [6.07, 6.45) is 21.1. The third-order valence-electron chi connectivity index (χ3n) is 8.23. The van der Waals surface area contributed by atoms with Crippen LogP contribution < -0.4 is 10.6 Å². The fourth-order valence-corrected chi connectivity index (χ4v) is 7.65. The molecule has 0 bridgehead atoms. The normalized spacial score (nSPS) is 15.9. The van der Waals surface area contributed by atoms with Crippen LogP contribution in [0.5, 0.6) is 0 Å². The average molecular weight is 630 g/mol. The first kappa shape index (κ1) is 30.1. The number of aromatic nitrogens is 7. The first-order valence-corrected chi connectivity index (χ1v) is 17.1. The van der Waals surface area contributed by atoms with Crippen LogP contribution in [-0.2, 0) is 0 Å². The Morgan fingerprint density at radius 3 is 2.30 bits per heavy atom. The number of anilines is 3. The second-order valence-electron chi connectivity index (χ2n) is 11.5. The Labute approximate surface area is 265 Å². The standard InChI is InChI=1S/C19H21N5OS.C13H18N4S/c1-13-17(23-19(26-13)22-16-9-5-6-10-20-16)15-11-21-24(12-15)18(25)14-7-3-2-4-8-14;1-9-12(10-7-14-15-8-10)17-13(18-9)16-11-5-3-2-4-6-11/h5-6,9-12,14H,2-4,7-8H2,1H3,(H,20,22,23);7-8,11H,2-6H2,1H3,(H,14,15)(H,16,17). The van der Waals surface area contributed by atoms with E-state index >= 15 is 0 Å². The molecule has 5 aromatic heterocycles. The van der Waals surface area contributed by atoms with Gasteiger partial charge in [0.15, 0.2) is 10.3 Å². The second kappa shape index (κ2) is 14.3. The van der Waals surface area contributed by atoms with Crippen LogP contribution in [0.3, 0.4) is 0 Å². The van der Waals surface area contributed by atoms with Crippen molar-refractivity contribution in [2.24, 2.45) is 5.92 Å². The highest BCUT2D eigenvalue weighted by atomic mass is 32.1. The van der Waals surface area contributed by atoms with Crippen LogP contribution in [0.4, 0.5) is 16.1 Å². The number of pyridine rings is 1. The van der Waals surface area contributed by atoms with E-state index in [1.807, 2.05) is 43.7 Å². The van der Waals surface area contributed by atoms with Gasteiger partial charge in [-0.25, -0.2) is 19.6 Å². The summed E-state index contributed by atoms with van der Waals surface area (Å²) in [7, 11) is 0. The molecule has 3 N–H and O–H groups in total. The lowest BCUT2D eigenvalue weighted by Crippen LogP contribution is -2.24. The van der Waals surface area contributed by atoms with E-state index in [0.717, 1.165) is 69.2 Å². The Bertz CT molecular complexity index is 1630. The van der Waals surface area contributed by atoms with Crippen molar-refractivity contribution >= 4 is 44.7 Å². The summed E-state index contributed by atoms with van der Waals surface area (Å²) in [6, 6.07) is 6.32. The molecular weight excluding hydrogens is 591 g/mol. The monoisotopic (exact) mass is 629 g/mol. The Morgan fingerprint density at radius 2 is 1.59 bits per heavy atom. The van der Waals surface area contributed by atoms with Crippen LogP contribution in [0.2, 0.25) is 0 Å². The number of nitrogens with zero attached hydrogens (tertiary/aromatic N) is 6. The molecule has 2 saturated carbocycles. The largest absolute Gasteiger partial charge is 0.359 e. The minimum absolute atomic E-state index is 0.106. The van der Waals surface area contributed by atoms with E-state index in [1.165, 1.54) is 48.1 Å². The van der Waals surface area contributed by atoms with Gasteiger partial charge >= 0.3 is 0 Å². The van der Waals surface area contributed by atoms with Crippen LogP contribution in [0.25, 0.3) is 22.5 Å². The second-order valence-corrected chi connectivity index (χ2v) is 13.9. The van der Waals surface area contributed by atoms with Gasteiger partial charge in [-0.1, -0.05) is 44.6 Å². The Kier molecular flexibility index (Phi) is 9.76. The van der Waals surface area contributed by atoms with Gasteiger partial charge < -0.3 is 10.6 Å². The topological polar surface area (TPSA) is 126 Å². The first-order valence-electron chi connectivity index (χ1n) is 15.5. The molecular formula is C32H39N9OS2. The van der Waals surface area contributed by atoms with E-state index in [0.29, 0.717) is 6.04 Å². The van der Waals surface area contributed by atoms with Crippen LogP contribution in [-0.4, -0.2) is 46.9 Å². The summed E-state index contributed by atoms with van der Waals surface area (Å²) < 4.78 is 1.50. The average Bonchev–Trinajstić information content (AvgIpc) is 3.87. The summed E-state index contributed by atoms with van der Waals surface area (Å²) in [5.41, 5.74) is 3.85. The maximum atomic E-state index is 12.6. The fourth-order valence-electron chi connectivity index (χ4n) is 5.89. The zero-order chi connectivity index (χ0) is 30.3. The molecule has 0 aliphatic heterocycles. The lowest BCUT2D eigenvalue weighted by atomic mass is 9.89. The van der Waals surface area contributed by atoms with Crippen LogP contribution in [0.15, 0.2) is 49.2 Å². The molecule has 44 heavy (non-hydrogen) atoms. The van der Waals surface area contributed by atoms with Crippen LogP contribution >= 0.6 is 22.7 Å². The highest BCUT2D eigenvalue weighted by Gasteiger charge is 2.24. The van der Waals surface area contributed by atoms with Crippen molar-refractivity contribution in [3.63, 3.8) is 0 Å². The predicted octanol–water partition coefficient (Wildman–Crippen LogP) is 8.26. The number of thiazole rings is 2. The van der Waals surface area contributed by atoms with Gasteiger partial charge in [-0.15, -0.1) is 22.7 Å². The van der Waals surface area contributed by atoms with Crippen LogP contribution in [0.1, 0.15) is 78.8 Å². The molecule has 0 saturated heterocycles. The quantitative estimate of drug-likeness (QED) is 0.164. The van der Waals surface area contributed by atoms with Crippen molar-refractivity contribution in [2.45, 2.75) is 84.1 Å². The lowest BCUT2D eigenvalue weighted by molar-refractivity contribution is 0.0784. The minimum Gasteiger partial charge on any atom is -0.359 e. The third kappa shape index (κ3) is 7.41. The molecule has 0 spiro atoms. The van der Waals surface area contributed by atoms with E-state index in [4.69, 9.17) is 4.98 Å². The van der Waals surface area contributed by atoms with Crippen molar-refractivity contribution in [3.8, 4) is 22.5 Å². The van der Waals surface area contributed by atoms with E-state index < -0.39 is 0 Å². The molecule has 5 heterocycles. The molecule has 2 fully saturated rings. The number of H-pyrrole nitrogens is 1. The van der Waals surface area contributed by atoms with Crippen molar-refractivity contribution in [1.29, 1.82) is 0 Å². The van der Waals surface area contributed by atoms with Gasteiger partial charge in [0.2, 0.25) is 5.91 Å². The van der Waals surface area contributed by atoms with Gasteiger partial charge in [-0.2, -0.15) is 10.2 Å². The molecule has 2 aliphatic rings.